The quantitative estimate of drug-likeness (QED) is 0.595. The van der Waals surface area contributed by atoms with E-state index in [-0.39, 0.29) is 18.4 Å². The van der Waals surface area contributed by atoms with E-state index < -0.39 is 23.1 Å². The Morgan fingerprint density at radius 3 is 2.38 bits per heavy atom. The van der Waals surface area contributed by atoms with Gasteiger partial charge in [-0.05, 0) is 54.4 Å². The van der Waals surface area contributed by atoms with Crippen molar-refractivity contribution < 1.29 is 22.8 Å². The Balaban J connectivity index is 1.51. The summed E-state index contributed by atoms with van der Waals surface area (Å²) in [5, 5.41) is 2.48. The topological polar surface area (TPSA) is 52.7 Å². The molecule has 4 rings (SSSR count). The predicted octanol–water partition coefficient (Wildman–Crippen LogP) is 5.19. The first-order valence-electron chi connectivity index (χ1n) is 10.1. The summed E-state index contributed by atoms with van der Waals surface area (Å²) in [6.45, 7) is 1.28. The smallest absolute Gasteiger partial charge is 0.322 e. The minimum atomic E-state index is -0.960. The fourth-order valence-corrected chi connectivity index (χ4v) is 3.68. The second kappa shape index (κ2) is 9.13. The Labute approximate surface area is 183 Å². The van der Waals surface area contributed by atoms with Crippen LogP contribution in [0.15, 0.2) is 66.7 Å². The Morgan fingerprint density at radius 2 is 1.62 bits per heavy atom. The first-order valence-corrected chi connectivity index (χ1v) is 10.1. The maximum atomic E-state index is 13.9. The summed E-state index contributed by atoms with van der Waals surface area (Å²) in [6, 6.07) is 15.5. The van der Waals surface area contributed by atoms with Gasteiger partial charge in [-0.1, -0.05) is 24.3 Å². The second-order valence-electron chi connectivity index (χ2n) is 7.44. The fraction of sp³-hybridized carbons (Fsp3) is 0.167. The molecule has 1 saturated heterocycles. The normalized spacial score (nSPS) is 13.9. The van der Waals surface area contributed by atoms with Crippen molar-refractivity contribution in [2.24, 2.45) is 0 Å². The number of halogens is 3. The van der Waals surface area contributed by atoms with E-state index in [1.165, 1.54) is 18.2 Å². The van der Waals surface area contributed by atoms with E-state index in [0.717, 1.165) is 12.1 Å². The average Bonchev–Trinajstić information content (AvgIpc) is 2.75. The first kappa shape index (κ1) is 21.4. The molecule has 1 heterocycles. The van der Waals surface area contributed by atoms with Gasteiger partial charge in [-0.15, -0.1) is 0 Å². The van der Waals surface area contributed by atoms with Crippen LogP contribution in [0.25, 0.3) is 0 Å². The van der Waals surface area contributed by atoms with Gasteiger partial charge in [0.2, 0.25) is 0 Å². The molecule has 1 fully saturated rings. The van der Waals surface area contributed by atoms with Gasteiger partial charge in [0.15, 0.2) is 0 Å². The highest BCUT2D eigenvalue weighted by Gasteiger charge is 2.27. The molecule has 0 bridgehead atoms. The number of benzene rings is 3. The number of hydrogen-bond donors (Lipinski definition) is 1. The van der Waals surface area contributed by atoms with Gasteiger partial charge in [-0.2, -0.15) is 0 Å². The molecule has 1 aliphatic rings. The Morgan fingerprint density at radius 1 is 0.906 bits per heavy atom. The molecular formula is C24H20F3N3O2. The summed E-state index contributed by atoms with van der Waals surface area (Å²) in [5.41, 5.74) is 0.845. The number of urea groups is 1. The van der Waals surface area contributed by atoms with Crippen LogP contribution in [0, 0.1) is 17.5 Å². The highest BCUT2D eigenvalue weighted by atomic mass is 19.1. The van der Waals surface area contributed by atoms with Crippen molar-refractivity contribution in [1.29, 1.82) is 0 Å². The zero-order chi connectivity index (χ0) is 22.7. The van der Waals surface area contributed by atoms with Gasteiger partial charge in [0.25, 0.3) is 5.91 Å². The number of anilines is 2. The predicted molar refractivity (Wildman–Crippen MR) is 115 cm³/mol. The van der Waals surface area contributed by atoms with E-state index >= 15 is 0 Å². The molecule has 0 spiro atoms. The van der Waals surface area contributed by atoms with Crippen LogP contribution in [0.5, 0.6) is 0 Å². The van der Waals surface area contributed by atoms with Crippen LogP contribution in [0.1, 0.15) is 22.3 Å². The van der Waals surface area contributed by atoms with Gasteiger partial charge in [0.05, 0.1) is 0 Å². The first-order chi connectivity index (χ1) is 15.4. The average molecular weight is 439 g/mol. The van der Waals surface area contributed by atoms with Crippen molar-refractivity contribution in [1.82, 2.24) is 4.90 Å². The molecule has 0 aliphatic carbocycles. The number of nitrogens with one attached hydrogen (secondary N) is 1. The van der Waals surface area contributed by atoms with Crippen LogP contribution in [0.4, 0.5) is 29.3 Å². The van der Waals surface area contributed by atoms with Crippen LogP contribution in [-0.2, 0) is 6.54 Å². The molecule has 32 heavy (non-hydrogen) atoms. The van der Waals surface area contributed by atoms with E-state index in [0.29, 0.717) is 36.4 Å². The molecule has 1 aliphatic heterocycles. The third kappa shape index (κ3) is 4.59. The van der Waals surface area contributed by atoms with E-state index in [1.807, 2.05) is 0 Å². The number of rotatable bonds is 5. The lowest BCUT2D eigenvalue weighted by Gasteiger charge is -2.36. The van der Waals surface area contributed by atoms with Crippen molar-refractivity contribution >= 4 is 23.3 Å². The van der Waals surface area contributed by atoms with E-state index in [4.69, 9.17) is 0 Å². The van der Waals surface area contributed by atoms with Gasteiger partial charge in [-0.25, -0.2) is 18.0 Å². The van der Waals surface area contributed by atoms with Crippen molar-refractivity contribution in [3.05, 3.63) is 95.3 Å². The molecule has 3 aromatic carbocycles. The largest absolute Gasteiger partial charge is 0.324 e. The molecule has 5 nitrogen and oxygen atoms in total. The van der Waals surface area contributed by atoms with Crippen molar-refractivity contribution in [2.75, 3.05) is 23.3 Å². The van der Waals surface area contributed by atoms with Crippen LogP contribution in [0.2, 0.25) is 0 Å². The van der Waals surface area contributed by atoms with Gasteiger partial charge >= 0.3 is 6.03 Å². The zero-order valence-electron chi connectivity index (χ0n) is 17.0. The minimum absolute atomic E-state index is 0.246. The number of carbonyl (C=O) groups is 2. The second-order valence-corrected chi connectivity index (χ2v) is 7.44. The van der Waals surface area contributed by atoms with Crippen molar-refractivity contribution in [3.63, 3.8) is 0 Å². The molecule has 0 aromatic heterocycles. The maximum Gasteiger partial charge on any atom is 0.324 e. The van der Waals surface area contributed by atoms with Gasteiger partial charge in [-0.3, -0.25) is 9.69 Å². The maximum absolute atomic E-state index is 13.9. The lowest BCUT2D eigenvalue weighted by molar-refractivity contribution is 0.101. The highest BCUT2D eigenvalue weighted by molar-refractivity contribution is 6.05. The Hall–Kier alpha value is -3.81. The van der Waals surface area contributed by atoms with Gasteiger partial charge in [0, 0.05) is 31.0 Å². The molecule has 0 atom stereocenters. The summed E-state index contributed by atoms with van der Waals surface area (Å²) < 4.78 is 41.3. The lowest BCUT2D eigenvalue weighted by atomic mass is 10.1. The monoisotopic (exact) mass is 439 g/mol. The third-order valence-electron chi connectivity index (χ3n) is 5.18. The summed E-state index contributed by atoms with van der Waals surface area (Å²) in [7, 11) is 0. The summed E-state index contributed by atoms with van der Waals surface area (Å²) in [4.78, 5) is 28.6. The van der Waals surface area contributed by atoms with E-state index in [2.05, 4.69) is 5.32 Å². The van der Waals surface area contributed by atoms with E-state index in [1.54, 1.807) is 46.2 Å². The summed E-state index contributed by atoms with van der Waals surface area (Å²) >= 11 is 0. The Kier molecular flexibility index (Phi) is 6.11. The third-order valence-corrected chi connectivity index (χ3v) is 5.18. The molecule has 1 N–H and O–H groups in total. The van der Waals surface area contributed by atoms with Gasteiger partial charge < -0.3 is 10.2 Å². The molecule has 3 amide bonds. The van der Waals surface area contributed by atoms with E-state index in [9.17, 15) is 22.8 Å². The molecule has 0 radical (unpaired) electrons. The number of carbonyl (C=O) groups excluding carboxylic acids is 2. The number of amides is 3. The van der Waals surface area contributed by atoms with Crippen LogP contribution in [0.3, 0.4) is 0 Å². The van der Waals surface area contributed by atoms with Crippen molar-refractivity contribution in [2.45, 2.75) is 13.0 Å². The van der Waals surface area contributed by atoms with Crippen LogP contribution >= 0.6 is 0 Å². The number of hydrogen-bond acceptors (Lipinski definition) is 2. The molecule has 164 valence electrons. The molecular weight excluding hydrogens is 419 g/mol. The zero-order valence-corrected chi connectivity index (χ0v) is 17.0. The molecule has 0 saturated carbocycles. The highest BCUT2D eigenvalue weighted by Crippen LogP contribution is 2.25. The SMILES string of the molecule is O=C(Nc1cccc(N2CCCN(Cc3cccc(F)c3)C2=O)c1)c1c(F)cccc1F. The van der Waals surface area contributed by atoms with Crippen molar-refractivity contribution in [3.8, 4) is 0 Å². The standard InChI is InChI=1S/C24H20F3N3O2/c25-17-6-1-5-16(13-17)15-29-11-4-12-30(24(29)32)19-8-2-7-18(14-19)28-23(31)22-20(26)9-3-10-21(22)27/h1-3,5-10,13-14H,4,11-12,15H2,(H,28,31). The molecule has 0 unspecified atom stereocenters. The minimum Gasteiger partial charge on any atom is -0.322 e. The number of nitrogens with zero attached hydrogens (tertiary/aromatic N) is 2. The fourth-order valence-electron chi connectivity index (χ4n) is 3.68. The van der Waals surface area contributed by atoms with Crippen LogP contribution < -0.4 is 10.2 Å². The van der Waals surface area contributed by atoms with Gasteiger partial charge in [0.1, 0.15) is 23.0 Å². The van der Waals surface area contributed by atoms with Crippen LogP contribution in [-0.4, -0.2) is 29.9 Å². The lowest BCUT2D eigenvalue weighted by Crippen LogP contribution is -2.49. The summed E-state index contributed by atoms with van der Waals surface area (Å²) in [6.07, 6.45) is 0.706. The molecule has 3 aromatic rings. The Bertz CT molecular complexity index is 1150. The molecule has 8 heteroatoms. The summed E-state index contributed by atoms with van der Waals surface area (Å²) in [5.74, 6) is -3.20.